The van der Waals surface area contributed by atoms with Crippen LogP contribution >= 0.6 is 0 Å². The Hall–Kier alpha value is -4.66. The second kappa shape index (κ2) is 10.5. The van der Waals surface area contributed by atoms with Crippen molar-refractivity contribution < 1.29 is 19.1 Å². The van der Waals surface area contributed by atoms with Gasteiger partial charge in [-0.1, -0.05) is 18.2 Å². The van der Waals surface area contributed by atoms with Gasteiger partial charge in [0.05, 0.1) is 31.9 Å². The lowest BCUT2D eigenvalue weighted by atomic mass is 9.82. The number of aromatic nitrogens is 3. The van der Waals surface area contributed by atoms with Crippen molar-refractivity contribution in [3.63, 3.8) is 0 Å². The summed E-state index contributed by atoms with van der Waals surface area (Å²) in [5.74, 6) is 0.574. The van der Waals surface area contributed by atoms with Crippen LogP contribution in [-0.4, -0.2) is 40.8 Å². The molecule has 0 bridgehead atoms. The van der Waals surface area contributed by atoms with Crippen molar-refractivity contribution in [3.05, 3.63) is 91.0 Å². The third-order valence-corrected chi connectivity index (χ3v) is 6.56. The molecule has 3 aromatic carbocycles. The van der Waals surface area contributed by atoms with Crippen molar-refractivity contribution in [2.24, 2.45) is 5.92 Å². The predicted molar refractivity (Wildman–Crippen MR) is 139 cm³/mol. The first-order chi connectivity index (χ1) is 18.1. The molecule has 0 saturated carbocycles. The Kier molecular flexibility index (Phi) is 6.85. The highest BCUT2D eigenvalue weighted by Crippen LogP contribution is 2.43. The van der Waals surface area contributed by atoms with Crippen molar-refractivity contribution in [2.75, 3.05) is 24.4 Å². The minimum Gasteiger partial charge on any atom is -0.497 e. The third kappa shape index (κ3) is 4.88. The number of ether oxygens (including phenoxy) is 2. The van der Waals surface area contributed by atoms with Crippen LogP contribution in [0.5, 0.6) is 11.5 Å². The molecule has 1 aliphatic heterocycles. The van der Waals surface area contributed by atoms with Gasteiger partial charge in [-0.3, -0.25) is 9.59 Å². The maximum absolute atomic E-state index is 13.7. The number of hydrogen-bond donors (Lipinski definition) is 1. The number of hydrogen-bond acceptors (Lipinski definition) is 6. The van der Waals surface area contributed by atoms with Crippen molar-refractivity contribution >= 4 is 23.2 Å². The molecule has 0 unspecified atom stereocenters. The molecule has 2 heterocycles. The Balaban J connectivity index is 1.49. The number of nitrogens with one attached hydrogen (secondary N) is 1. The summed E-state index contributed by atoms with van der Waals surface area (Å²) >= 11 is 0. The van der Waals surface area contributed by atoms with Gasteiger partial charge in [0.15, 0.2) is 0 Å². The Bertz CT molecular complexity index is 1370. The molecule has 5 rings (SSSR count). The highest BCUT2D eigenvalue weighted by Gasteiger charge is 2.42. The summed E-state index contributed by atoms with van der Waals surface area (Å²) in [6.45, 7) is 0. The Morgan fingerprint density at radius 2 is 1.68 bits per heavy atom. The number of rotatable bonds is 7. The van der Waals surface area contributed by atoms with Crippen molar-refractivity contribution in [1.82, 2.24) is 14.8 Å². The van der Waals surface area contributed by atoms with Crippen molar-refractivity contribution in [2.45, 2.75) is 18.9 Å². The summed E-state index contributed by atoms with van der Waals surface area (Å²) in [6, 6.07) is 21.6. The van der Waals surface area contributed by atoms with E-state index in [4.69, 9.17) is 9.47 Å². The van der Waals surface area contributed by atoms with Gasteiger partial charge in [-0.15, -0.1) is 0 Å². The van der Waals surface area contributed by atoms with E-state index in [0.29, 0.717) is 29.3 Å². The molecule has 2 atom stereocenters. The Labute approximate surface area is 214 Å². The Morgan fingerprint density at radius 3 is 2.35 bits per heavy atom. The van der Waals surface area contributed by atoms with Gasteiger partial charge in [0.2, 0.25) is 11.8 Å². The van der Waals surface area contributed by atoms with Crippen LogP contribution in [0.4, 0.5) is 11.4 Å². The lowest BCUT2D eigenvalue weighted by molar-refractivity contribution is -0.125. The van der Waals surface area contributed by atoms with E-state index in [0.717, 1.165) is 11.3 Å². The fraction of sp³-hybridized carbons (Fsp3) is 0.214. The second-order valence-electron chi connectivity index (χ2n) is 8.67. The van der Waals surface area contributed by atoms with Gasteiger partial charge >= 0.3 is 0 Å². The first kappa shape index (κ1) is 24.1. The average Bonchev–Trinajstić information content (AvgIpc) is 3.48. The van der Waals surface area contributed by atoms with E-state index in [-0.39, 0.29) is 18.2 Å². The van der Waals surface area contributed by atoms with Crippen LogP contribution in [0, 0.1) is 5.92 Å². The molecule has 37 heavy (non-hydrogen) atoms. The van der Waals surface area contributed by atoms with E-state index in [2.05, 4.69) is 15.4 Å². The van der Waals surface area contributed by atoms with Crippen LogP contribution < -0.4 is 19.7 Å². The molecule has 4 aromatic rings. The van der Waals surface area contributed by atoms with E-state index in [1.54, 1.807) is 30.1 Å². The molecule has 2 amide bonds. The zero-order valence-corrected chi connectivity index (χ0v) is 20.6. The van der Waals surface area contributed by atoms with Gasteiger partial charge < -0.3 is 19.7 Å². The molecule has 1 aromatic heterocycles. The fourth-order valence-electron chi connectivity index (χ4n) is 4.75. The number of carbonyl (C=O) groups excluding carboxylic acids is 2. The summed E-state index contributed by atoms with van der Waals surface area (Å²) in [7, 11) is 3.19. The molecule has 9 heteroatoms. The smallest absolute Gasteiger partial charge is 0.229 e. The van der Waals surface area contributed by atoms with E-state index in [9.17, 15) is 9.59 Å². The van der Waals surface area contributed by atoms with E-state index in [1.165, 1.54) is 6.33 Å². The summed E-state index contributed by atoms with van der Waals surface area (Å²) in [5.41, 5.74) is 2.95. The Morgan fingerprint density at radius 1 is 0.946 bits per heavy atom. The van der Waals surface area contributed by atoms with Gasteiger partial charge in [-0.2, -0.15) is 5.10 Å². The van der Waals surface area contributed by atoms with Crippen LogP contribution in [-0.2, 0) is 9.59 Å². The van der Waals surface area contributed by atoms with Crippen LogP contribution in [0.15, 0.2) is 85.5 Å². The quantitative estimate of drug-likeness (QED) is 0.406. The van der Waals surface area contributed by atoms with E-state index >= 15 is 0 Å². The molecule has 0 radical (unpaired) electrons. The molecule has 0 aliphatic carbocycles. The predicted octanol–water partition coefficient (Wildman–Crippen LogP) is 4.41. The minimum atomic E-state index is -0.555. The molecule has 188 valence electrons. The minimum absolute atomic E-state index is 0.0534. The maximum atomic E-state index is 13.7. The summed E-state index contributed by atoms with van der Waals surface area (Å²) < 4.78 is 12.6. The maximum Gasteiger partial charge on any atom is 0.229 e. The second-order valence-corrected chi connectivity index (χ2v) is 8.67. The number of methoxy groups -OCH3 is 2. The zero-order chi connectivity index (χ0) is 25.8. The van der Waals surface area contributed by atoms with Gasteiger partial charge in [-0.05, 0) is 61.0 Å². The van der Waals surface area contributed by atoms with Crippen LogP contribution in [0.3, 0.4) is 0 Å². The van der Waals surface area contributed by atoms with Gasteiger partial charge in [0.25, 0.3) is 0 Å². The van der Waals surface area contributed by atoms with Crippen LogP contribution in [0.25, 0.3) is 5.69 Å². The third-order valence-electron chi connectivity index (χ3n) is 6.56. The number of piperidine rings is 1. The lowest BCUT2D eigenvalue weighted by Crippen LogP contribution is -2.47. The normalized spacial score (nSPS) is 17.4. The molecule has 9 nitrogen and oxygen atoms in total. The number of anilines is 2. The molecule has 1 fully saturated rings. The summed E-state index contributed by atoms with van der Waals surface area (Å²) in [4.78, 5) is 32.7. The van der Waals surface area contributed by atoms with Gasteiger partial charge in [0.1, 0.15) is 24.2 Å². The van der Waals surface area contributed by atoms with Crippen LogP contribution in [0.1, 0.15) is 24.4 Å². The largest absolute Gasteiger partial charge is 0.497 e. The van der Waals surface area contributed by atoms with E-state index in [1.807, 2.05) is 72.8 Å². The lowest BCUT2D eigenvalue weighted by Gasteiger charge is -2.41. The highest BCUT2D eigenvalue weighted by molar-refractivity contribution is 6.00. The van der Waals surface area contributed by atoms with Crippen molar-refractivity contribution in [3.8, 4) is 17.2 Å². The van der Waals surface area contributed by atoms with Gasteiger partial charge in [0, 0.05) is 23.4 Å². The molecule has 1 aliphatic rings. The van der Waals surface area contributed by atoms with E-state index < -0.39 is 12.0 Å². The number of benzene rings is 3. The zero-order valence-electron chi connectivity index (χ0n) is 20.6. The fourth-order valence-corrected chi connectivity index (χ4v) is 4.75. The first-order valence-corrected chi connectivity index (χ1v) is 11.9. The molecule has 0 spiro atoms. The number of carbonyl (C=O) groups is 2. The number of para-hydroxylation sites is 1. The molecular formula is C28H27N5O4. The SMILES string of the molecule is COc1ccc(N2C(=O)CC[C@H](C(=O)Nc3ccc(-n4cncn4)cc3)[C@@H]2c2ccccc2OC)cc1. The molecular weight excluding hydrogens is 470 g/mol. The van der Waals surface area contributed by atoms with Crippen molar-refractivity contribution in [1.29, 1.82) is 0 Å². The van der Waals surface area contributed by atoms with Gasteiger partial charge in [-0.25, -0.2) is 9.67 Å². The number of amides is 2. The first-order valence-electron chi connectivity index (χ1n) is 11.9. The topological polar surface area (TPSA) is 98.6 Å². The summed E-state index contributed by atoms with van der Waals surface area (Å²) in [5, 5.41) is 7.17. The monoisotopic (exact) mass is 497 g/mol. The molecule has 1 saturated heterocycles. The highest BCUT2D eigenvalue weighted by atomic mass is 16.5. The van der Waals surface area contributed by atoms with Crippen LogP contribution in [0.2, 0.25) is 0 Å². The number of nitrogens with zero attached hydrogens (tertiary/aromatic N) is 4. The average molecular weight is 498 g/mol. The molecule has 1 N–H and O–H groups in total. The summed E-state index contributed by atoms with van der Waals surface area (Å²) in [6.07, 6.45) is 3.74. The standard InChI is InChI=1S/C28H27N5O4/c1-36-22-13-11-21(12-14-22)33-26(34)16-15-24(27(33)23-5-3-4-6-25(23)37-2)28(35)31-19-7-9-20(10-8-19)32-18-29-17-30-32/h3-14,17-18,24,27H,15-16H2,1-2H3,(H,31,35)/t24-,27-/m0/s1.